The molecule has 1 aromatic rings. The van der Waals surface area contributed by atoms with E-state index in [1.165, 1.54) is 18.5 Å². The highest BCUT2D eigenvalue weighted by Gasteiger charge is 2.30. The number of anilines is 1. The van der Waals surface area contributed by atoms with Gasteiger partial charge in [-0.25, -0.2) is 0 Å². The molecule has 0 saturated heterocycles. The van der Waals surface area contributed by atoms with Gasteiger partial charge in [0, 0.05) is 23.8 Å². The van der Waals surface area contributed by atoms with Gasteiger partial charge in [0.2, 0.25) is 0 Å². The van der Waals surface area contributed by atoms with Gasteiger partial charge in [-0.2, -0.15) is 0 Å². The Morgan fingerprint density at radius 2 is 2.06 bits per heavy atom. The minimum atomic E-state index is -0.380. The van der Waals surface area contributed by atoms with Gasteiger partial charge in [0.05, 0.1) is 6.10 Å². The predicted octanol–water partition coefficient (Wildman–Crippen LogP) is 3.12. The van der Waals surface area contributed by atoms with Crippen molar-refractivity contribution >= 4 is 5.69 Å². The summed E-state index contributed by atoms with van der Waals surface area (Å²) in [5.41, 5.74) is 2.28. The first-order valence-electron chi connectivity index (χ1n) is 6.27. The number of hydrogen-bond donors (Lipinski definition) is 1. The van der Waals surface area contributed by atoms with Crippen LogP contribution in [-0.2, 0) is 0 Å². The van der Waals surface area contributed by atoms with Gasteiger partial charge in [0.25, 0.3) is 0 Å². The molecule has 1 atom stereocenters. The van der Waals surface area contributed by atoms with E-state index >= 15 is 0 Å². The first-order chi connectivity index (χ1) is 7.74. The second-order valence-corrected chi connectivity index (χ2v) is 4.66. The third-order valence-corrected chi connectivity index (χ3v) is 3.15. The van der Waals surface area contributed by atoms with Crippen molar-refractivity contribution in [2.45, 2.75) is 45.3 Å². The number of aliphatic hydroxyl groups excluding tert-OH is 1. The molecule has 1 fully saturated rings. The van der Waals surface area contributed by atoms with Crippen LogP contribution in [0.15, 0.2) is 24.3 Å². The molecule has 0 bridgehead atoms. The summed E-state index contributed by atoms with van der Waals surface area (Å²) in [6, 6.07) is 8.94. The number of aliphatic hydroxyl groups is 1. The van der Waals surface area contributed by atoms with Crippen molar-refractivity contribution in [3.8, 4) is 0 Å². The summed E-state index contributed by atoms with van der Waals surface area (Å²) in [5.74, 6) is 0. The van der Waals surface area contributed by atoms with Crippen LogP contribution < -0.4 is 4.90 Å². The van der Waals surface area contributed by atoms with E-state index in [1.807, 2.05) is 19.1 Å². The second-order valence-electron chi connectivity index (χ2n) is 4.66. The van der Waals surface area contributed by atoms with Gasteiger partial charge in [-0.15, -0.1) is 0 Å². The zero-order valence-corrected chi connectivity index (χ0v) is 10.2. The molecule has 0 aliphatic heterocycles. The summed E-state index contributed by atoms with van der Waals surface area (Å²) >= 11 is 0. The molecule has 88 valence electrons. The summed E-state index contributed by atoms with van der Waals surface area (Å²) < 4.78 is 0. The highest BCUT2D eigenvalue weighted by molar-refractivity contribution is 5.56. The Kier molecular flexibility index (Phi) is 3.49. The van der Waals surface area contributed by atoms with Crippen LogP contribution in [0.2, 0.25) is 0 Å². The van der Waals surface area contributed by atoms with Crippen LogP contribution in [0.1, 0.15) is 44.8 Å². The lowest BCUT2D eigenvalue weighted by molar-refractivity contribution is 0.199. The number of rotatable bonds is 5. The molecule has 1 aliphatic carbocycles. The van der Waals surface area contributed by atoms with Gasteiger partial charge in [-0.1, -0.05) is 25.1 Å². The maximum atomic E-state index is 9.80. The quantitative estimate of drug-likeness (QED) is 0.822. The van der Waals surface area contributed by atoms with Gasteiger partial charge in [-0.3, -0.25) is 0 Å². The molecule has 1 aromatic carbocycles. The highest BCUT2D eigenvalue weighted by Crippen LogP contribution is 2.35. The van der Waals surface area contributed by atoms with Gasteiger partial charge < -0.3 is 10.0 Å². The molecule has 0 amide bonds. The maximum absolute atomic E-state index is 9.80. The Labute approximate surface area is 97.9 Å². The lowest BCUT2D eigenvalue weighted by Crippen LogP contribution is -2.27. The SMILES string of the molecule is CCCN(c1ccccc1[C@@H](C)O)C1CC1. The van der Waals surface area contributed by atoms with E-state index in [4.69, 9.17) is 0 Å². The van der Waals surface area contributed by atoms with E-state index in [-0.39, 0.29) is 6.10 Å². The zero-order valence-electron chi connectivity index (χ0n) is 10.2. The van der Waals surface area contributed by atoms with Crippen LogP contribution >= 0.6 is 0 Å². The van der Waals surface area contributed by atoms with Crippen LogP contribution in [0.5, 0.6) is 0 Å². The summed E-state index contributed by atoms with van der Waals surface area (Å²) in [4.78, 5) is 2.46. The normalized spacial score (nSPS) is 17.2. The van der Waals surface area contributed by atoms with Gasteiger partial charge in [0.15, 0.2) is 0 Å². The molecule has 0 spiro atoms. The Morgan fingerprint density at radius 3 is 2.62 bits per heavy atom. The van der Waals surface area contributed by atoms with Gasteiger partial charge >= 0.3 is 0 Å². The van der Waals surface area contributed by atoms with Crippen molar-refractivity contribution in [1.82, 2.24) is 0 Å². The smallest absolute Gasteiger partial charge is 0.0781 e. The number of benzene rings is 1. The van der Waals surface area contributed by atoms with Crippen molar-refractivity contribution < 1.29 is 5.11 Å². The number of para-hydroxylation sites is 1. The predicted molar refractivity (Wildman–Crippen MR) is 67.7 cm³/mol. The average molecular weight is 219 g/mol. The Bertz CT molecular complexity index is 344. The molecule has 1 aliphatic rings. The average Bonchev–Trinajstić information content (AvgIpc) is 3.10. The number of nitrogens with zero attached hydrogens (tertiary/aromatic N) is 1. The molecular weight excluding hydrogens is 198 g/mol. The highest BCUT2D eigenvalue weighted by atomic mass is 16.3. The molecule has 0 radical (unpaired) electrons. The van der Waals surface area contributed by atoms with Crippen LogP contribution in [0.3, 0.4) is 0 Å². The number of hydrogen-bond acceptors (Lipinski definition) is 2. The maximum Gasteiger partial charge on any atom is 0.0781 e. The van der Waals surface area contributed by atoms with Crippen molar-refractivity contribution in [1.29, 1.82) is 0 Å². The molecule has 16 heavy (non-hydrogen) atoms. The molecule has 0 unspecified atom stereocenters. The van der Waals surface area contributed by atoms with E-state index in [2.05, 4.69) is 24.0 Å². The van der Waals surface area contributed by atoms with Crippen molar-refractivity contribution in [2.24, 2.45) is 0 Å². The van der Waals surface area contributed by atoms with E-state index in [0.717, 1.165) is 18.5 Å². The Morgan fingerprint density at radius 1 is 1.38 bits per heavy atom. The van der Waals surface area contributed by atoms with Crippen LogP contribution in [0.4, 0.5) is 5.69 Å². The Hall–Kier alpha value is -1.02. The van der Waals surface area contributed by atoms with E-state index in [1.54, 1.807) is 0 Å². The summed E-state index contributed by atoms with van der Waals surface area (Å²) in [5, 5.41) is 9.80. The largest absolute Gasteiger partial charge is 0.389 e. The fourth-order valence-electron chi connectivity index (χ4n) is 2.23. The molecular formula is C14H21NO. The fourth-order valence-corrected chi connectivity index (χ4v) is 2.23. The minimum absolute atomic E-state index is 0.380. The third-order valence-electron chi connectivity index (χ3n) is 3.15. The lowest BCUT2D eigenvalue weighted by Gasteiger charge is -2.27. The molecule has 1 saturated carbocycles. The van der Waals surface area contributed by atoms with Crippen LogP contribution in [0.25, 0.3) is 0 Å². The lowest BCUT2D eigenvalue weighted by atomic mass is 10.1. The first kappa shape index (κ1) is 11.5. The zero-order chi connectivity index (χ0) is 11.5. The van der Waals surface area contributed by atoms with Gasteiger partial charge in [-0.05, 0) is 32.3 Å². The Balaban J connectivity index is 2.28. The van der Waals surface area contributed by atoms with Crippen molar-refractivity contribution in [3.63, 3.8) is 0 Å². The monoisotopic (exact) mass is 219 g/mol. The first-order valence-corrected chi connectivity index (χ1v) is 6.27. The molecule has 0 heterocycles. The fraction of sp³-hybridized carbons (Fsp3) is 0.571. The second kappa shape index (κ2) is 4.88. The molecule has 2 rings (SSSR count). The topological polar surface area (TPSA) is 23.5 Å². The minimum Gasteiger partial charge on any atom is -0.389 e. The van der Waals surface area contributed by atoms with Crippen molar-refractivity contribution in [2.75, 3.05) is 11.4 Å². The summed E-state index contributed by atoms with van der Waals surface area (Å²) in [6.45, 7) is 5.14. The van der Waals surface area contributed by atoms with Crippen LogP contribution in [0, 0.1) is 0 Å². The van der Waals surface area contributed by atoms with E-state index in [9.17, 15) is 5.11 Å². The van der Waals surface area contributed by atoms with Crippen molar-refractivity contribution in [3.05, 3.63) is 29.8 Å². The summed E-state index contributed by atoms with van der Waals surface area (Å²) in [7, 11) is 0. The van der Waals surface area contributed by atoms with E-state index < -0.39 is 0 Å². The molecule has 2 nitrogen and oxygen atoms in total. The summed E-state index contributed by atoms with van der Waals surface area (Å²) in [6.07, 6.45) is 3.38. The van der Waals surface area contributed by atoms with E-state index in [0.29, 0.717) is 6.04 Å². The standard InChI is InChI=1S/C14H21NO/c1-3-10-15(12-8-9-12)14-7-5-4-6-13(14)11(2)16/h4-7,11-12,16H,3,8-10H2,1-2H3/t11-/m1/s1. The van der Waals surface area contributed by atoms with Crippen LogP contribution in [-0.4, -0.2) is 17.7 Å². The molecule has 2 heteroatoms. The molecule has 1 N–H and O–H groups in total. The molecule has 0 aromatic heterocycles. The third kappa shape index (κ3) is 2.38. The van der Waals surface area contributed by atoms with Gasteiger partial charge in [0.1, 0.15) is 0 Å².